The lowest BCUT2D eigenvalue weighted by Crippen LogP contribution is -2.24. The Balaban J connectivity index is 1.72. The zero-order valence-corrected chi connectivity index (χ0v) is 8.64. The highest BCUT2D eigenvalue weighted by molar-refractivity contribution is 5.17. The third-order valence-electron chi connectivity index (χ3n) is 2.51. The maximum Gasteiger partial charge on any atom is 0.0656 e. The average molecular weight is 194 g/mol. The van der Waals surface area contributed by atoms with E-state index in [2.05, 4.69) is 26.9 Å². The van der Waals surface area contributed by atoms with Crippen LogP contribution in [0.3, 0.4) is 0 Å². The van der Waals surface area contributed by atoms with Gasteiger partial charge < -0.3 is 10.6 Å². The number of nitrogens with one attached hydrogen (secondary N) is 3. The zero-order chi connectivity index (χ0) is 9.80. The van der Waals surface area contributed by atoms with Crippen molar-refractivity contribution >= 4 is 0 Å². The first-order valence-corrected chi connectivity index (χ1v) is 5.29. The van der Waals surface area contributed by atoms with Crippen molar-refractivity contribution in [1.82, 2.24) is 20.8 Å². The summed E-state index contributed by atoms with van der Waals surface area (Å²) in [6, 6.07) is 2.18. The van der Waals surface area contributed by atoms with Crippen molar-refractivity contribution in [2.24, 2.45) is 0 Å². The van der Waals surface area contributed by atoms with Crippen LogP contribution in [0.2, 0.25) is 0 Å². The van der Waals surface area contributed by atoms with Gasteiger partial charge in [-0.15, -0.1) is 0 Å². The van der Waals surface area contributed by atoms with Crippen LogP contribution in [0.4, 0.5) is 0 Å². The molecule has 1 aromatic heterocycles. The number of H-pyrrole nitrogens is 1. The quantitative estimate of drug-likeness (QED) is 0.581. The Morgan fingerprint density at radius 3 is 3.07 bits per heavy atom. The lowest BCUT2D eigenvalue weighted by molar-refractivity contribution is 0.641. The highest BCUT2D eigenvalue weighted by atomic mass is 15.1. The fourth-order valence-electron chi connectivity index (χ4n) is 1.49. The Hall–Kier alpha value is -0.870. The molecule has 0 spiro atoms. The van der Waals surface area contributed by atoms with Crippen molar-refractivity contribution in [3.8, 4) is 0 Å². The second-order valence-electron chi connectivity index (χ2n) is 3.87. The maximum absolute atomic E-state index is 4.30. The van der Waals surface area contributed by atoms with Crippen molar-refractivity contribution in [3.63, 3.8) is 0 Å². The number of hydrogen-bond donors (Lipinski definition) is 3. The largest absolute Gasteiger partial charge is 0.318 e. The van der Waals surface area contributed by atoms with E-state index >= 15 is 0 Å². The molecule has 4 heteroatoms. The van der Waals surface area contributed by atoms with Gasteiger partial charge in [-0.05, 0) is 26.0 Å². The Morgan fingerprint density at radius 2 is 2.36 bits per heavy atom. The van der Waals surface area contributed by atoms with Gasteiger partial charge in [0.2, 0.25) is 0 Å². The summed E-state index contributed by atoms with van der Waals surface area (Å²) in [5, 5.41) is 13.8. The Morgan fingerprint density at radius 1 is 1.50 bits per heavy atom. The molecule has 0 atom stereocenters. The first kappa shape index (κ1) is 9.68. The monoisotopic (exact) mass is 194 g/mol. The highest BCUT2D eigenvalue weighted by Crippen LogP contribution is 2.38. The van der Waals surface area contributed by atoms with Crippen LogP contribution in [0.15, 0.2) is 6.07 Å². The van der Waals surface area contributed by atoms with Crippen molar-refractivity contribution in [2.45, 2.75) is 25.3 Å². The van der Waals surface area contributed by atoms with E-state index in [1.54, 1.807) is 0 Å². The molecule has 0 aliphatic heterocycles. The molecule has 0 amide bonds. The minimum atomic E-state index is 0.748. The summed E-state index contributed by atoms with van der Waals surface area (Å²) in [5.41, 5.74) is 2.44. The first-order valence-electron chi connectivity index (χ1n) is 5.29. The molecule has 1 aliphatic carbocycles. The van der Waals surface area contributed by atoms with E-state index in [0.717, 1.165) is 25.6 Å². The van der Waals surface area contributed by atoms with Gasteiger partial charge in [0.1, 0.15) is 0 Å². The second-order valence-corrected chi connectivity index (χ2v) is 3.87. The zero-order valence-electron chi connectivity index (χ0n) is 8.64. The van der Waals surface area contributed by atoms with Gasteiger partial charge >= 0.3 is 0 Å². The Bertz CT molecular complexity index is 277. The van der Waals surface area contributed by atoms with Crippen molar-refractivity contribution in [2.75, 3.05) is 20.1 Å². The molecule has 4 nitrogen and oxygen atoms in total. The molecule has 0 aromatic carbocycles. The normalized spacial score (nSPS) is 16.1. The standard InChI is InChI=1S/C10H18N4/c1-11-4-5-12-7-9-6-10(14-13-9)8-2-3-8/h6,8,11-12H,2-5,7H2,1H3,(H,13,14). The summed E-state index contributed by atoms with van der Waals surface area (Å²) in [7, 11) is 1.96. The summed E-state index contributed by atoms with van der Waals surface area (Å²) in [6.07, 6.45) is 2.63. The molecule has 0 saturated heterocycles. The first-order chi connectivity index (χ1) is 6.90. The third-order valence-corrected chi connectivity index (χ3v) is 2.51. The van der Waals surface area contributed by atoms with E-state index in [-0.39, 0.29) is 0 Å². The van der Waals surface area contributed by atoms with Gasteiger partial charge in [0.25, 0.3) is 0 Å². The number of rotatable bonds is 6. The maximum atomic E-state index is 4.30. The molecular formula is C10H18N4. The highest BCUT2D eigenvalue weighted by Gasteiger charge is 2.25. The van der Waals surface area contributed by atoms with Crippen LogP contribution in [-0.4, -0.2) is 30.3 Å². The van der Waals surface area contributed by atoms with Crippen molar-refractivity contribution < 1.29 is 0 Å². The lowest BCUT2D eigenvalue weighted by Gasteiger charge is -2.00. The predicted molar refractivity (Wildman–Crippen MR) is 56.2 cm³/mol. The van der Waals surface area contributed by atoms with Gasteiger partial charge in [0.05, 0.1) is 5.69 Å². The van der Waals surface area contributed by atoms with E-state index in [4.69, 9.17) is 0 Å². The molecule has 14 heavy (non-hydrogen) atoms. The molecule has 1 heterocycles. The summed E-state index contributed by atoms with van der Waals surface area (Å²) >= 11 is 0. The van der Waals surface area contributed by atoms with Crippen LogP contribution in [-0.2, 0) is 6.54 Å². The van der Waals surface area contributed by atoms with Gasteiger partial charge in [0.15, 0.2) is 0 Å². The van der Waals surface area contributed by atoms with Gasteiger partial charge in [-0.25, -0.2) is 0 Å². The van der Waals surface area contributed by atoms with Crippen LogP contribution < -0.4 is 10.6 Å². The number of likely N-dealkylation sites (N-methyl/N-ethyl adjacent to an activating group) is 1. The Kier molecular flexibility index (Phi) is 3.16. The van der Waals surface area contributed by atoms with E-state index < -0.39 is 0 Å². The summed E-state index contributed by atoms with van der Waals surface area (Å²) < 4.78 is 0. The molecular weight excluding hydrogens is 176 g/mol. The predicted octanol–water partition coefficient (Wildman–Crippen LogP) is 0.596. The minimum Gasteiger partial charge on any atom is -0.318 e. The fourth-order valence-corrected chi connectivity index (χ4v) is 1.49. The molecule has 0 bridgehead atoms. The van der Waals surface area contributed by atoms with Gasteiger partial charge in [-0.3, -0.25) is 5.10 Å². The smallest absolute Gasteiger partial charge is 0.0656 e. The molecule has 0 unspecified atom stereocenters. The van der Waals surface area contributed by atoms with Gasteiger partial charge in [-0.2, -0.15) is 5.10 Å². The molecule has 1 aromatic rings. The number of hydrogen-bond acceptors (Lipinski definition) is 3. The van der Waals surface area contributed by atoms with Crippen molar-refractivity contribution in [1.29, 1.82) is 0 Å². The van der Waals surface area contributed by atoms with Crippen LogP contribution >= 0.6 is 0 Å². The molecule has 1 fully saturated rings. The second kappa shape index (κ2) is 4.57. The van der Waals surface area contributed by atoms with Crippen LogP contribution in [0.25, 0.3) is 0 Å². The van der Waals surface area contributed by atoms with Crippen LogP contribution in [0.5, 0.6) is 0 Å². The van der Waals surface area contributed by atoms with E-state index in [9.17, 15) is 0 Å². The SMILES string of the molecule is CNCCNCc1cc(C2CC2)n[nH]1. The summed E-state index contributed by atoms with van der Waals surface area (Å²) in [5.74, 6) is 0.748. The topological polar surface area (TPSA) is 52.7 Å². The van der Waals surface area contributed by atoms with Gasteiger partial charge in [-0.1, -0.05) is 0 Å². The third kappa shape index (κ3) is 2.56. The minimum absolute atomic E-state index is 0.748. The lowest BCUT2D eigenvalue weighted by atomic mass is 10.2. The number of nitrogens with zero attached hydrogens (tertiary/aromatic N) is 1. The molecule has 78 valence electrons. The molecule has 0 radical (unpaired) electrons. The number of aromatic amines is 1. The van der Waals surface area contributed by atoms with E-state index in [1.165, 1.54) is 24.2 Å². The van der Waals surface area contributed by atoms with Crippen LogP contribution in [0.1, 0.15) is 30.1 Å². The Labute approximate surface area is 84.5 Å². The molecule has 1 aliphatic rings. The summed E-state index contributed by atoms with van der Waals surface area (Å²) in [4.78, 5) is 0. The molecule has 3 N–H and O–H groups in total. The molecule has 2 rings (SSSR count). The van der Waals surface area contributed by atoms with Crippen LogP contribution in [0, 0.1) is 0 Å². The fraction of sp³-hybridized carbons (Fsp3) is 0.700. The number of aromatic nitrogens is 2. The van der Waals surface area contributed by atoms with E-state index in [0.29, 0.717) is 0 Å². The molecule has 1 saturated carbocycles. The van der Waals surface area contributed by atoms with E-state index in [1.807, 2.05) is 7.05 Å². The average Bonchev–Trinajstić information content (AvgIpc) is 2.94. The van der Waals surface area contributed by atoms with Crippen molar-refractivity contribution in [3.05, 3.63) is 17.5 Å². The van der Waals surface area contributed by atoms with Gasteiger partial charge in [0, 0.05) is 31.2 Å². The summed E-state index contributed by atoms with van der Waals surface area (Å²) in [6.45, 7) is 2.89.